The third-order valence-corrected chi connectivity index (χ3v) is 4.58. The summed E-state index contributed by atoms with van der Waals surface area (Å²) in [5.74, 6) is 0.0561. The van der Waals surface area contributed by atoms with Crippen LogP contribution in [0.1, 0.15) is 30.8 Å². The van der Waals surface area contributed by atoms with Gasteiger partial charge in [-0.1, -0.05) is 0 Å². The molecular formula is C16H28N4O2. The monoisotopic (exact) mass is 308 g/mol. The summed E-state index contributed by atoms with van der Waals surface area (Å²) in [5.41, 5.74) is 2.96. The lowest BCUT2D eigenvalue weighted by molar-refractivity contribution is -0.121. The largest absolute Gasteiger partial charge is 0.379 e. The zero-order valence-corrected chi connectivity index (χ0v) is 14.4. The van der Waals surface area contributed by atoms with Gasteiger partial charge < -0.3 is 10.1 Å². The van der Waals surface area contributed by atoms with Gasteiger partial charge in [0.15, 0.2) is 0 Å². The van der Waals surface area contributed by atoms with Crippen LogP contribution in [-0.2, 0) is 23.0 Å². The first-order chi connectivity index (χ1) is 10.3. The van der Waals surface area contributed by atoms with Crippen LogP contribution in [0.4, 0.5) is 0 Å². The summed E-state index contributed by atoms with van der Waals surface area (Å²) < 4.78 is 7.22. The first-order valence-corrected chi connectivity index (χ1v) is 7.90. The van der Waals surface area contributed by atoms with E-state index in [0.29, 0.717) is 13.0 Å². The Hall–Kier alpha value is -1.40. The Balaban J connectivity index is 1.89. The smallest absolute Gasteiger partial charge is 0.224 e. The molecule has 1 fully saturated rings. The van der Waals surface area contributed by atoms with Gasteiger partial charge in [0.05, 0.1) is 25.3 Å². The van der Waals surface area contributed by atoms with Crippen LogP contribution in [0.2, 0.25) is 0 Å². The Labute approximate surface area is 132 Å². The van der Waals surface area contributed by atoms with Gasteiger partial charge in [0, 0.05) is 43.5 Å². The van der Waals surface area contributed by atoms with Crippen LogP contribution in [0.5, 0.6) is 0 Å². The van der Waals surface area contributed by atoms with Crippen molar-refractivity contribution in [2.24, 2.45) is 7.05 Å². The van der Waals surface area contributed by atoms with Gasteiger partial charge in [-0.3, -0.25) is 14.4 Å². The number of hydrogen-bond donors (Lipinski definition) is 1. The van der Waals surface area contributed by atoms with Gasteiger partial charge >= 0.3 is 0 Å². The SMILES string of the molecule is Cc1nn(C)c(C)c1CC(=O)NCC(C)(C)N1CCOCC1. The maximum Gasteiger partial charge on any atom is 0.224 e. The molecule has 0 unspecified atom stereocenters. The molecule has 0 aliphatic carbocycles. The lowest BCUT2D eigenvalue weighted by atomic mass is 10.0. The standard InChI is InChI=1S/C16H28N4O2/c1-12-14(13(2)19(5)18-12)10-15(21)17-11-16(3,4)20-6-8-22-9-7-20/h6-11H2,1-5H3,(H,17,21). The number of aryl methyl sites for hydroxylation is 2. The third-order valence-electron chi connectivity index (χ3n) is 4.58. The first-order valence-electron chi connectivity index (χ1n) is 7.90. The summed E-state index contributed by atoms with van der Waals surface area (Å²) in [5, 5.41) is 7.43. The van der Waals surface area contributed by atoms with Gasteiger partial charge in [-0.25, -0.2) is 0 Å². The van der Waals surface area contributed by atoms with Crippen molar-refractivity contribution in [1.82, 2.24) is 20.0 Å². The molecule has 6 heteroatoms. The van der Waals surface area contributed by atoms with Crippen molar-refractivity contribution in [2.45, 2.75) is 39.7 Å². The van der Waals surface area contributed by atoms with Crippen LogP contribution in [-0.4, -0.2) is 59.0 Å². The number of ether oxygens (including phenoxy) is 1. The van der Waals surface area contributed by atoms with Gasteiger partial charge in [0.2, 0.25) is 5.91 Å². The van der Waals surface area contributed by atoms with Crippen molar-refractivity contribution in [3.63, 3.8) is 0 Å². The quantitative estimate of drug-likeness (QED) is 0.874. The molecule has 0 radical (unpaired) electrons. The van der Waals surface area contributed by atoms with E-state index in [1.165, 1.54) is 0 Å². The molecule has 0 spiro atoms. The molecule has 2 heterocycles. The maximum atomic E-state index is 12.3. The normalized spacial score (nSPS) is 16.8. The van der Waals surface area contributed by atoms with E-state index in [1.807, 2.05) is 25.6 Å². The summed E-state index contributed by atoms with van der Waals surface area (Å²) >= 11 is 0. The van der Waals surface area contributed by atoms with E-state index in [4.69, 9.17) is 4.74 Å². The summed E-state index contributed by atoms with van der Waals surface area (Å²) in [6.45, 7) is 12.3. The number of hydrogen-bond acceptors (Lipinski definition) is 4. The Morgan fingerprint density at radius 2 is 1.95 bits per heavy atom. The van der Waals surface area contributed by atoms with Crippen molar-refractivity contribution in [3.05, 3.63) is 17.0 Å². The molecule has 124 valence electrons. The molecule has 0 aromatic carbocycles. The average Bonchev–Trinajstić information content (AvgIpc) is 2.73. The summed E-state index contributed by atoms with van der Waals surface area (Å²) in [6, 6.07) is 0. The van der Waals surface area contributed by atoms with Gasteiger partial charge in [0.25, 0.3) is 0 Å². The highest BCUT2D eigenvalue weighted by Gasteiger charge is 2.28. The Bertz CT molecular complexity index is 530. The number of nitrogens with one attached hydrogen (secondary N) is 1. The zero-order chi connectivity index (χ0) is 16.3. The molecule has 1 amide bonds. The molecule has 22 heavy (non-hydrogen) atoms. The molecule has 6 nitrogen and oxygen atoms in total. The number of carbonyl (C=O) groups excluding carboxylic acids is 1. The number of aromatic nitrogens is 2. The third kappa shape index (κ3) is 3.87. The minimum atomic E-state index is -0.0571. The van der Waals surface area contributed by atoms with E-state index in [9.17, 15) is 4.79 Å². The maximum absolute atomic E-state index is 12.3. The highest BCUT2D eigenvalue weighted by Crippen LogP contribution is 2.16. The number of rotatable bonds is 5. The van der Waals surface area contributed by atoms with Crippen LogP contribution >= 0.6 is 0 Å². The molecule has 1 N–H and O–H groups in total. The molecule has 0 atom stereocenters. The molecule has 1 aromatic rings. The van der Waals surface area contributed by atoms with Gasteiger partial charge in [0.1, 0.15) is 0 Å². The Morgan fingerprint density at radius 1 is 1.32 bits per heavy atom. The van der Waals surface area contributed by atoms with E-state index in [0.717, 1.165) is 43.3 Å². The van der Waals surface area contributed by atoms with Crippen molar-refractivity contribution in [3.8, 4) is 0 Å². The molecule has 1 aromatic heterocycles. The van der Waals surface area contributed by atoms with Crippen molar-refractivity contribution < 1.29 is 9.53 Å². The van der Waals surface area contributed by atoms with E-state index in [1.54, 1.807) is 0 Å². The molecule has 1 aliphatic heterocycles. The minimum absolute atomic E-state index is 0.0561. The summed E-state index contributed by atoms with van der Waals surface area (Å²) in [4.78, 5) is 14.6. The summed E-state index contributed by atoms with van der Waals surface area (Å²) in [6.07, 6.45) is 0.394. The van der Waals surface area contributed by atoms with Gasteiger partial charge in [-0.05, 0) is 27.7 Å². The van der Waals surface area contributed by atoms with Crippen LogP contribution in [0, 0.1) is 13.8 Å². The first kappa shape index (κ1) is 17.0. The van der Waals surface area contributed by atoms with Crippen molar-refractivity contribution >= 4 is 5.91 Å². The Morgan fingerprint density at radius 3 is 2.50 bits per heavy atom. The second-order valence-electron chi connectivity index (χ2n) is 6.64. The fourth-order valence-electron chi connectivity index (χ4n) is 2.89. The van der Waals surface area contributed by atoms with Gasteiger partial charge in [-0.15, -0.1) is 0 Å². The van der Waals surface area contributed by atoms with E-state index < -0.39 is 0 Å². The fraction of sp³-hybridized carbons (Fsp3) is 0.750. The van der Waals surface area contributed by atoms with Crippen LogP contribution in [0.3, 0.4) is 0 Å². The summed E-state index contributed by atoms with van der Waals surface area (Å²) in [7, 11) is 1.91. The fourth-order valence-corrected chi connectivity index (χ4v) is 2.89. The van der Waals surface area contributed by atoms with E-state index in [2.05, 4.69) is 29.2 Å². The average molecular weight is 308 g/mol. The van der Waals surface area contributed by atoms with Crippen molar-refractivity contribution in [2.75, 3.05) is 32.8 Å². The van der Waals surface area contributed by atoms with Crippen molar-refractivity contribution in [1.29, 1.82) is 0 Å². The number of carbonyl (C=O) groups is 1. The molecule has 0 bridgehead atoms. The van der Waals surface area contributed by atoms with Crippen LogP contribution < -0.4 is 5.32 Å². The van der Waals surface area contributed by atoms with Crippen LogP contribution in [0.25, 0.3) is 0 Å². The minimum Gasteiger partial charge on any atom is -0.379 e. The number of morpholine rings is 1. The predicted molar refractivity (Wildman–Crippen MR) is 85.9 cm³/mol. The highest BCUT2D eigenvalue weighted by molar-refractivity contribution is 5.79. The molecule has 1 aliphatic rings. The molecule has 2 rings (SSSR count). The second kappa shape index (κ2) is 6.79. The lowest BCUT2D eigenvalue weighted by Gasteiger charge is -2.40. The lowest BCUT2D eigenvalue weighted by Crippen LogP contribution is -2.55. The topological polar surface area (TPSA) is 59.4 Å². The molecule has 1 saturated heterocycles. The molecular weight excluding hydrogens is 280 g/mol. The zero-order valence-electron chi connectivity index (χ0n) is 14.4. The Kier molecular flexibility index (Phi) is 5.24. The number of nitrogens with zero attached hydrogens (tertiary/aromatic N) is 3. The second-order valence-corrected chi connectivity index (χ2v) is 6.64. The highest BCUT2D eigenvalue weighted by atomic mass is 16.5. The number of amides is 1. The van der Waals surface area contributed by atoms with Crippen LogP contribution in [0.15, 0.2) is 0 Å². The van der Waals surface area contributed by atoms with Gasteiger partial charge in [-0.2, -0.15) is 5.10 Å². The van der Waals surface area contributed by atoms with E-state index in [-0.39, 0.29) is 11.4 Å². The predicted octanol–water partition coefficient (Wildman–Crippen LogP) is 0.806. The molecule has 0 saturated carbocycles. The van der Waals surface area contributed by atoms with E-state index >= 15 is 0 Å².